The average Bonchev–Trinajstić information content (AvgIpc) is 2.91. The lowest BCUT2D eigenvalue weighted by Gasteiger charge is -2.45. The SMILES string of the molecule is C=CC(=O)N1[C@H](C)CN(c2nc(=O)n3c4c(c(-c5ccc(F)cc5F)c(C(F)(F)F)cc24)SCC3CN2CCC2)C[C@@H]1C. The Balaban J connectivity index is 1.62. The number of carbonyl (C=O) groups is 1. The van der Waals surface area contributed by atoms with Gasteiger partial charge in [-0.2, -0.15) is 18.2 Å². The van der Waals surface area contributed by atoms with Gasteiger partial charge in [-0.1, -0.05) is 6.58 Å². The second-order valence-corrected chi connectivity index (χ2v) is 12.4. The van der Waals surface area contributed by atoms with Gasteiger partial charge in [-0.15, -0.1) is 11.8 Å². The topological polar surface area (TPSA) is 61.7 Å². The molecule has 3 aromatic rings. The number of nitrogens with zero attached hydrogens (tertiary/aromatic N) is 5. The van der Waals surface area contributed by atoms with Crippen LogP contribution in [0, 0.1) is 11.6 Å². The highest BCUT2D eigenvalue weighted by atomic mass is 32.2. The van der Waals surface area contributed by atoms with Crippen molar-refractivity contribution in [3.8, 4) is 11.1 Å². The summed E-state index contributed by atoms with van der Waals surface area (Å²) in [5, 5.41) is 0.122. The Morgan fingerprint density at radius 1 is 1.14 bits per heavy atom. The quantitative estimate of drug-likeness (QED) is 0.285. The van der Waals surface area contributed by atoms with E-state index in [1.165, 1.54) is 10.6 Å². The lowest BCUT2D eigenvalue weighted by atomic mass is 9.95. The van der Waals surface area contributed by atoms with Crippen LogP contribution >= 0.6 is 11.8 Å². The van der Waals surface area contributed by atoms with Crippen LogP contribution in [0.4, 0.5) is 27.8 Å². The number of alkyl halides is 3. The molecule has 13 heteroatoms. The summed E-state index contributed by atoms with van der Waals surface area (Å²) in [4.78, 5) is 36.4. The highest BCUT2D eigenvalue weighted by molar-refractivity contribution is 7.99. The summed E-state index contributed by atoms with van der Waals surface area (Å²) < 4.78 is 74.8. The Hall–Kier alpha value is -3.45. The normalized spacial score (nSPS) is 22.5. The molecular weight excluding hydrogens is 589 g/mol. The number of likely N-dealkylation sites (tertiary alicyclic amines) is 1. The molecule has 43 heavy (non-hydrogen) atoms. The minimum atomic E-state index is -4.90. The molecule has 0 spiro atoms. The fraction of sp³-hybridized carbons (Fsp3) is 0.433. The van der Waals surface area contributed by atoms with Gasteiger partial charge in [-0.3, -0.25) is 9.36 Å². The lowest BCUT2D eigenvalue weighted by Crippen LogP contribution is -2.58. The molecule has 3 aliphatic heterocycles. The molecule has 2 aromatic carbocycles. The van der Waals surface area contributed by atoms with Crippen molar-refractivity contribution in [1.29, 1.82) is 0 Å². The molecule has 0 bridgehead atoms. The second-order valence-electron chi connectivity index (χ2n) is 11.4. The predicted molar refractivity (Wildman–Crippen MR) is 155 cm³/mol. The number of rotatable bonds is 5. The largest absolute Gasteiger partial charge is 0.417 e. The number of hydrogen-bond acceptors (Lipinski definition) is 6. The fourth-order valence-electron chi connectivity index (χ4n) is 6.55. The lowest BCUT2D eigenvalue weighted by molar-refractivity contribution is -0.137. The van der Waals surface area contributed by atoms with Gasteiger partial charge >= 0.3 is 11.9 Å². The third-order valence-electron chi connectivity index (χ3n) is 8.50. The third kappa shape index (κ3) is 5.09. The molecule has 0 radical (unpaired) electrons. The summed E-state index contributed by atoms with van der Waals surface area (Å²) in [5.74, 6) is -1.93. The number of benzene rings is 2. The first-order valence-corrected chi connectivity index (χ1v) is 15.1. The second kappa shape index (κ2) is 10.9. The van der Waals surface area contributed by atoms with Crippen molar-refractivity contribution in [2.45, 2.75) is 49.5 Å². The van der Waals surface area contributed by atoms with E-state index in [9.17, 15) is 27.2 Å². The Kier molecular flexibility index (Phi) is 7.52. The Morgan fingerprint density at radius 3 is 2.42 bits per heavy atom. The summed E-state index contributed by atoms with van der Waals surface area (Å²) >= 11 is 1.15. The minimum absolute atomic E-state index is 0.0868. The monoisotopic (exact) mass is 619 g/mol. The van der Waals surface area contributed by atoms with Gasteiger partial charge in [0, 0.05) is 64.9 Å². The van der Waals surface area contributed by atoms with Crippen LogP contribution in [0.2, 0.25) is 0 Å². The van der Waals surface area contributed by atoms with Crippen molar-refractivity contribution in [3.05, 3.63) is 64.6 Å². The van der Waals surface area contributed by atoms with Crippen LogP contribution in [0.1, 0.15) is 31.9 Å². The van der Waals surface area contributed by atoms with Gasteiger partial charge in [0.1, 0.15) is 17.5 Å². The van der Waals surface area contributed by atoms with E-state index in [0.717, 1.165) is 49.5 Å². The number of hydrogen-bond donors (Lipinski definition) is 0. The van der Waals surface area contributed by atoms with E-state index < -0.39 is 40.2 Å². The predicted octanol–water partition coefficient (Wildman–Crippen LogP) is 5.32. The molecule has 2 saturated heterocycles. The summed E-state index contributed by atoms with van der Waals surface area (Å²) in [5.41, 5.74) is -2.25. The van der Waals surface area contributed by atoms with E-state index in [0.29, 0.717) is 12.6 Å². The van der Waals surface area contributed by atoms with Gasteiger partial charge in [0.25, 0.3) is 0 Å². The van der Waals surface area contributed by atoms with Crippen molar-refractivity contribution in [2.75, 3.05) is 43.4 Å². The van der Waals surface area contributed by atoms with E-state index in [4.69, 9.17) is 0 Å². The van der Waals surface area contributed by atoms with Crippen LogP contribution < -0.4 is 10.6 Å². The van der Waals surface area contributed by atoms with Crippen LogP contribution in [0.15, 0.2) is 46.6 Å². The van der Waals surface area contributed by atoms with Crippen LogP contribution in [0.25, 0.3) is 22.0 Å². The first kappa shape index (κ1) is 29.6. The van der Waals surface area contributed by atoms with Crippen molar-refractivity contribution in [2.24, 2.45) is 0 Å². The smallest absolute Gasteiger partial charge is 0.352 e. The first-order valence-electron chi connectivity index (χ1n) is 14.1. The van der Waals surface area contributed by atoms with Gasteiger partial charge in [0.15, 0.2) is 0 Å². The maximum absolute atomic E-state index is 15.2. The van der Waals surface area contributed by atoms with Gasteiger partial charge in [-0.25, -0.2) is 13.6 Å². The number of carbonyl (C=O) groups excluding carboxylic acids is 1. The molecule has 228 valence electrons. The summed E-state index contributed by atoms with van der Waals surface area (Å²) in [6, 6.07) is 2.38. The van der Waals surface area contributed by atoms with Crippen LogP contribution in [-0.4, -0.2) is 75.8 Å². The number of amides is 1. The summed E-state index contributed by atoms with van der Waals surface area (Å²) in [6.07, 6.45) is -2.65. The number of anilines is 1. The maximum Gasteiger partial charge on any atom is 0.417 e. The van der Waals surface area contributed by atoms with Gasteiger partial charge in [-0.05, 0) is 57.6 Å². The molecule has 1 aromatic heterocycles. The zero-order valence-corrected chi connectivity index (χ0v) is 24.4. The highest BCUT2D eigenvalue weighted by Gasteiger charge is 2.41. The fourth-order valence-corrected chi connectivity index (χ4v) is 7.87. The van der Waals surface area contributed by atoms with E-state index in [1.54, 1.807) is 9.80 Å². The molecule has 0 saturated carbocycles. The highest BCUT2D eigenvalue weighted by Crippen LogP contribution is 2.50. The zero-order chi connectivity index (χ0) is 30.8. The van der Waals surface area contributed by atoms with Crippen molar-refractivity contribution in [1.82, 2.24) is 19.4 Å². The van der Waals surface area contributed by atoms with E-state index in [2.05, 4.69) is 16.5 Å². The summed E-state index contributed by atoms with van der Waals surface area (Å²) in [7, 11) is 0. The molecular formula is C30H30F5N5O2S. The van der Waals surface area contributed by atoms with E-state index in [-0.39, 0.29) is 64.5 Å². The number of piperazine rings is 1. The minimum Gasteiger partial charge on any atom is -0.352 e. The molecule has 3 atom stereocenters. The van der Waals surface area contributed by atoms with E-state index >= 15 is 4.39 Å². The summed E-state index contributed by atoms with van der Waals surface area (Å²) in [6.45, 7) is 9.90. The average molecular weight is 620 g/mol. The molecule has 4 heterocycles. The molecule has 2 fully saturated rings. The van der Waals surface area contributed by atoms with Gasteiger partial charge < -0.3 is 14.7 Å². The molecule has 0 N–H and O–H groups in total. The number of aromatic nitrogens is 2. The molecule has 6 rings (SSSR count). The Labute approximate surface area is 249 Å². The van der Waals surface area contributed by atoms with Crippen molar-refractivity contribution >= 4 is 34.4 Å². The van der Waals surface area contributed by atoms with Gasteiger partial charge in [0.2, 0.25) is 5.91 Å². The molecule has 0 aliphatic carbocycles. The van der Waals surface area contributed by atoms with Crippen LogP contribution in [0.3, 0.4) is 0 Å². The Morgan fingerprint density at radius 2 is 1.84 bits per heavy atom. The number of halogens is 5. The molecule has 1 amide bonds. The zero-order valence-electron chi connectivity index (χ0n) is 23.6. The van der Waals surface area contributed by atoms with Crippen LogP contribution in [0.5, 0.6) is 0 Å². The Bertz CT molecular complexity index is 1680. The van der Waals surface area contributed by atoms with Gasteiger partial charge in [0.05, 0.1) is 17.1 Å². The molecule has 1 unspecified atom stereocenters. The third-order valence-corrected chi connectivity index (χ3v) is 9.74. The first-order chi connectivity index (χ1) is 20.4. The standard InChI is InChI=1S/C30H30F5N5O2S/c1-4-24(41)39-16(2)12-38(13-17(39)3)28-21-11-22(30(33,34)35)25(20-7-6-18(31)10-23(20)32)27-26(21)40(29(42)36-28)19(15-43-27)14-37-8-5-9-37/h4,6-7,10-11,16-17,19H,1,5,8-9,12-15H2,2-3H3/t16-,17+,19?. The van der Waals surface area contributed by atoms with Crippen LogP contribution in [-0.2, 0) is 11.0 Å². The molecule has 3 aliphatic rings. The van der Waals surface area contributed by atoms with Crippen molar-refractivity contribution < 1.29 is 26.7 Å². The van der Waals surface area contributed by atoms with Crippen molar-refractivity contribution in [3.63, 3.8) is 0 Å². The van der Waals surface area contributed by atoms with E-state index in [1.807, 2.05) is 13.8 Å². The maximum atomic E-state index is 15.2. The molecule has 7 nitrogen and oxygen atoms in total. The number of thioether (sulfide) groups is 1.